The number of aromatic amines is 1. The predicted molar refractivity (Wildman–Crippen MR) is 113 cm³/mol. The summed E-state index contributed by atoms with van der Waals surface area (Å²) >= 11 is 0. The fourth-order valence-electron chi connectivity index (χ4n) is 3.07. The number of hydrogen-bond acceptors (Lipinski definition) is 8. The van der Waals surface area contributed by atoms with E-state index in [4.69, 9.17) is 9.15 Å². The molecule has 154 valence electrons. The Bertz CT molecular complexity index is 1250. The molecule has 4 rings (SSSR count). The van der Waals surface area contributed by atoms with Crippen LogP contribution in [-0.4, -0.2) is 27.2 Å². The van der Waals surface area contributed by atoms with Crippen molar-refractivity contribution < 1.29 is 14.3 Å². The summed E-state index contributed by atoms with van der Waals surface area (Å²) in [6.45, 7) is 2.24. The highest BCUT2D eigenvalue weighted by molar-refractivity contribution is 5.78. The molecule has 9 heteroatoms. The number of anilines is 4. The molecule has 0 aliphatic heterocycles. The Hall–Kier alpha value is -3.69. The van der Waals surface area contributed by atoms with Crippen molar-refractivity contribution in [3.8, 4) is 0 Å². The Balaban J connectivity index is 1.58. The molecule has 2 aromatic carbocycles. The predicted octanol–water partition coefficient (Wildman–Crippen LogP) is 3.35. The van der Waals surface area contributed by atoms with Crippen molar-refractivity contribution in [2.45, 2.75) is 20.1 Å². The Morgan fingerprint density at radius 1 is 1.13 bits per heavy atom. The molecule has 0 bridgehead atoms. The quantitative estimate of drug-likeness (QED) is 0.368. The van der Waals surface area contributed by atoms with Crippen molar-refractivity contribution in [2.24, 2.45) is 0 Å². The number of aryl methyl sites for hydroxylation is 1. The minimum atomic E-state index is -0.494. The van der Waals surface area contributed by atoms with E-state index in [1.165, 1.54) is 0 Å². The van der Waals surface area contributed by atoms with Gasteiger partial charge in [0.2, 0.25) is 5.95 Å². The SMILES string of the molecule is COCc1cc(Nc2ncc(C)c(Nc3ccc4oc(=O)[nH]c4c3)n2)ccc1CO. The minimum Gasteiger partial charge on any atom is -0.408 e. The first-order chi connectivity index (χ1) is 14.6. The second-order valence-electron chi connectivity index (χ2n) is 6.78. The highest BCUT2D eigenvalue weighted by Crippen LogP contribution is 2.24. The van der Waals surface area contributed by atoms with Crippen molar-refractivity contribution in [1.82, 2.24) is 15.0 Å². The van der Waals surface area contributed by atoms with Gasteiger partial charge in [0.1, 0.15) is 5.82 Å². The molecular weight excluding hydrogens is 386 g/mol. The van der Waals surface area contributed by atoms with Crippen LogP contribution in [0.4, 0.5) is 23.1 Å². The third-order valence-electron chi connectivity index (χ3n) is 4.59. The molecule has 0 unspecified atom stereocenters. The summed E-state index contributed by atoms with van der Waals surface area (Å²) in [7, 11) is 1.61. The fourth-order valence-corrected chi connectivity index (χ4v) is 3.07. The molecule has 30 heavy (non-hydrogen) atoms. The fraction of sp³-hybridized carbons (Fsp3) is 0.190. The van der Waals surface area contributed by atoms with Gasteiger partial charge in [-0.1, -0.05) is 6.07 Å². The number of H-pyrrole nitrogens is 1. The average Bonchev–Trinajstić information content (AvgIpc) is 3.10. The van der Waals surface area contributed by atoms with E-state index < -0.39 is 5.76 Å². The van der Waals surface area contributed by atoms with E-state index in [0.717, 1.165) is 28.1 Å². The maximum Gasteiger partial charge on any atom is 0.417 e. The molecule has 0 radical (unpaired) electrons. The highest BCUT2D eigenvalue weighted by atomic mass is 16.5. The van der Waals surface area contributed by atoms with E-state index in [-0.39, 0.29) is 6.61 Å². The summed E-state index contributed by atoms with van der Waals surface area (Å²) in [6, 6.07) is 10.9. The summed E-state index contributed by atoms with van der Waals surface area (Å²) in [4.78, 5) is 22.9. The summed E-state index contributed by atoms with van der Waals surface area (Å²) in [5.41, 5.74) is 5.18. The average molecular weight is 407 g/mol. The number of fused-ring (bicyclic) bond motifs is 1. The maximum absolute atomic E-state index is 11.3. The number of benzene rings is 2. The number of oxazole rings is 1. The van der Waals surface area contributed by atoms with Crippen molar-refractivity contribution >= 4 is 34.2 Å². The van der Waals surface area contributed by atoms with Crippen molar-refractivity contribution in [1.29, 1.82) is 0 Å². The number of ether oxygens (including phenoxy) is 1. The molecular formula is C21H21N5O4. The lowest BCUT2D eigenvalue weighted by molar-refractivity contribution is 0.181. The number of nitrogens with zero attached hydrogens (tertiary/aromatic N) is 2. The van der Waals surface area contributed by atoms with Crippen LogP contribution in [0.2, 0.25) is 0 Å². The van der Waals surface area contributed by atoms with E-state index in [2.05, 4.69) is 25.6 Å². The lowest BCUT2D eigenvalue weighted by Gasteiger charge is -2.13. The third kappa shape index (κ3) is 4.17. The molecule has 4 aromatic rings. The van der Waals surface area contributed by atoms with E-state index in [0.29, 0.717) is 29.5 Å². The molecule has 0 spiro atoms. The topological polar surface area (TPSA) is 125 Å². The summed E-state index contributed by atoms with van der Waals surface area (Å²) in [6.07, 6.45) is 1.72. The second kappa shape index (κ2) is 8.36. The number of aliphatic hydroxyl groups excluding tert-OH is 1. The molecule has 0 fully saturated rings. The van der Waals surface area contributed by atoms with Gasteiger partial charge in [-0.3, -0.25) is 4.98 Å². The summed E-state index contributed by atoms with van der Waals surface area (Å²) in [5, 5.41) is 15.9. The van der Waals surface area contributed by atoms with Crippen LogP contribution in [0.5, 0.6) is 0 Å². The number of aliphatic hydroxyl groups is 1. The number of hydrogen-bond donors (Lipinski definition) is 4. The molecule has 0 atom stereocenters. The summed E-state index contributed by atoms with van der Waals surface area (Å²) < 4.78 is 10.2. The number of rotatable bonds is 7. The molecule has 0 aliphatic carbocycles. The maximum atomic E-state index is 11.3. The molecule has 0 saturated heterocycles. The van der Waals surface area contributed by atoms with Gasteiger partial charge in [-0.25, -0.2) is 9.78 Å². The van der Waals surface area contributed by atoms with Gasteiger partial charge < -0.3 is 24.9 Å². The number of nitrogens with one attached hydrogen (secondary N) is 3. The lowest BCUT2D eigenvalue weighted by Crippen LogP contribution is -2.04. The van der Waals surface area contributed by atoms with Crippen LogP contribution in [-0.2, 0) is 18.0 Å². The molecule has 0 amide bonds. The van der Waals surface area contributed by atoms with E-state index in [1.807, 2.05) is 25.1 Å². The van der Waals surface area contributed by atoms with Crippen LogP contribution in [0.3, 0.4) is 0 Å². The Kier molecular flexibility index (Phi) is 5.46. The van der Waals surface area contributed by atoms with Crippen LogP contribution >= 0.6 is 0 Å². The number of aromatic nitrogens is 3. The molecule has 2 heterocycles. The molecule has 2 aromatic heterocycles. The van der Waals surface area contributed by atoms with E-state index in [1.54, 1.807) is 31.5 Å². The van der Waals surface area contributed by atoms with Gasteiger partial charge in [0, 0.05) is 30.2 Å². The van der Waals surface area contributed by atoms with Crippen LogP contribution in [0, 0.1) is 6.92 Å². The van der Waals surface area contributed by atoms with Crippen molar-refractivity contribution in [3.63, 3.8) is 0 Å². The first kappa shape index (κ1) is 19.6. The smallest absolute Gasteiger partial charge is 0.408 e. The summed E-state index contributed by atoms with van der Waals surface area (Å²) in [5.74, 6) is 0.551. The Labute approximate surface area is 171 Å². The molecule has 9 nitrogen and oxygen atoms in total. The zero-order valence-corrected chi connectivity index (χ0v) is 16.5. The van der Waals surface area contributed by atoms with Crippen LogP contribution < -0.4 is 16.4 Å². The van der Waals surface area contributed by atoms with E-state index in [9.17, 15) is 9.90 Å². The standard InChI is InChI=1S/C21H21N5O4/c1-12-9-22-20(24-15-4-3-13(10-27)14(7-15)11-29-2)26-19(12)23-16-5-6-18-17(8-16)25-21(28)30-18/h3-9,27H,10-11H2,1-2H3,(H,25,28)(H2,22,23,24,26). The largest absolute Gasteiger partial charge is 0.417 e. The first-order valence-electron chi connectivity index (χ1n) is 9.28. The third-order valence-corrected chi connectivity index (χ3v) is 4.59. The zero-order valence-electron chi connectivity index (χ0n) is 16.5. The highest BCUT2D eigenvalue weighted by Gasteiger charge is 2.09. The Morgan fingerprint density at radius 3 is 2.73 bits per heavy atom. The van der Waals surface area contributed by atoms with Gasteiger partial charge in [-0.15, -0.1) is 0 Å². The van der Waals surface area contributed by atoms with Gasteiger partial charge >= 0.3 is 5.76 Å². The van der Waals surface area contributed by atoms with Crippen LogP contribution in [0.1, 0.15) is 16.7 Å². The van der Waals surface area contributed by atoms with Crippen molar-refractivity contribution in [2.75, 3.05) is 17.7 Å². The Morgan fingerprint density at radius 2 is 1.93 bits per heavy atom. The normalized spacial score (nSPS) is 11.0. The molecule has 0 aliphatic rings. The molecule has 0 saturated carbocycles. The second-order valence-corrected chi connectivity index (χ2v) is 6.78. The van der Waals surface area contributed by atoms with Gasteiger partial charge in [0.25, 0.3) is 0 Å². The van der Waals surface area contributed by atoms with E-state index >= 15 is 0 Å². The molecule has 4 N–H and O–H groups in total. The lowest BCUT2D eigenvalue weighted by atomic mass is 10.1. The minimum absolute atomic E-state index is 0.0552. The van der Waals surface area contributed by atoms with Gasteiger partial charge in [0.15, 0.2) is 5.58 Å². The van der Waals surface area contributed by atoms with Gasteiger partial charge in [-0.2, -0.15) is 4.98 Å². The first-order valence-corrected chi connectivity index (χ1v) is 9.28. The number of methoxy groups -OCH3 is 1. The van der Waals surface area contributed by atoms with Crippen molar-refractivity contribution in [3.05, 3.63) is 69.8 Å². The zero-order chi connectivity index (χ0) is 21.1. The van der Waals surface area contributed by atoms with Gasteiger partial charge in [0.05, 0.1) is 18.7 Å². The van der Waals surface area contributed by atoms with Crippen LogP contribution in [0.15, 0.2) is 51.8 Å². The van der Waals surface area contributed by atoms with Gasteiger partial charge in [-0.05, 0) is 48.4 Å². The van der Waals surface area contributed by atoms with Crippen LogP contribution in [0.25, 0.3) is 11.1 Å². The monoisotopic (exact) mass is 407 g/mol.